The van der Waals surface area contributed by atoms with Crippen LogP contribution in [0.5, 0.6) is 11.5 Å². The summed E-state index contributed by atoms with van der Waals surface area (Å²) in [4.78, 5) is 146. The average Bonchev–Trinajstić information content (AvgIpc) is 3.09. The molecule has 0 aliphatic carbocycles. The molecule has 0 radical (unpaired) electrons. The summed E-state index contributed by atoms with van der Waals surface area (Å²) in [6.07, 6.45) is -0.262. The quantitative estimate of drug-likeness (QED) is 0.0329. The Bertz CT molecular complexity index is 3230. The van der Waals surface area contributed by atoms with Crippen molar-refractivity contribution in [2.45, 2.75) is 106 Å². The fraction of sp³-hybridized carbons (Fsp3) is 0.350. The van der Waals surface area contributed by atoms with Gasteiger partial charge in [-0.05, 0) is 123 Å². The maximum atomic E-state index is 15.1. The third-order valence-corrected chi connectivity index (χ3v) is 16.6. The number of primary amides is 2. The Kier molecular flexibility index (Phi) is 26.4. The molecule has 9 atom stereocenters. The number of amides is 10. The Morgan fingerprint density at radius 1 is 0.636 bits per heavy atom. The maximum absolute atomic E-state index is 15.1. The summed E-state index contributed by atoms with van der Waals surface area (Å²) in [5.74, 6) is -9.97. The standard InChI is InChI=1S/C60H71ClN12O13S2/c1-33(74)50-60(86)72-49(58(84)67-44(52(63)78)27-36-13-21-40(75)22-14-36)32-88-87-31-48(71-57(83)47(29-35-11-19-39(61)20-12-35)68-53(79)42-7-4-6-26-65-42)59(85)70-46(30-37-15-23-41(76)24-16-37)56(82)69-45(28-34-9-17-38(18-10-34)51(62)77)55(81)66-43(54(80)73-50)8-3-5-25-64-2/h4,6-7,9-24,26,33,43-50,64,74-76H,3,5,8,25,27-32H2,1-2H3,(H2,62,77)(H2,63,78)(H,66,81)(H,67,84)(H,68,79)(H,69,82)(H,70,85)(H,71,83)(H,72,86)(H,73,80)/t33-,43+,44-,45-,46+,47+,48-,49+,50+/m1/s1. The average molecular weight is 1270 g/mol. The van der Waals surface area contributed by atoms with Gasteiger partial charge < -0.3 is 74.6 Å². The summed E-state index contributed by atoms with van der Waals surface area (Å²) >= 11 is 6.19. The van der Waals surface area contributed by atoms with Gasteiger partial charge in [-0.25, -0.2) is 0 Å². The van der Waals surface area contributed by atoms with Crippen LogP contribution in [0.2, 0.25) is 5.02 Å². The largest absolute Gasteiger partial charge is 0.508 e. The lowest BCUT2D eigenvalue weighted by Crippen LogP contribution is -2.62. The molecular formula is C60H71ClN12O13S2. The minimum Gasteiger partial charge on any atom is -0.508 e. The Morgan fingerprint density at radius 2 is 1.17 bits per heavy atom. The van der Waals surface area contributed by atoms with Crippen LogP contribution >= 0.6 is 33.2 Å². The molecular weight excluding hydrogens is 1200 g/mol. The first-order valence-corrected chi connectivity index (χ1v) is 30.8. The molecule has 0 spiro atoms. The molecule has 88 heavy (non-hydrogen) atoms. The normalized spacial score (nSPS) is 20.0. The lowest BCUT2D eigenvalue weighted by molar-refractivity contribution is -0.136. The van der Waals surface area contributed by atoms with E-state index in [1.54, 1.807) is 43.4 Å². The van der Waals surface area contributed by atoms with Crippen LogP contribution in [0.25, 0.3) is 0 Å². The molecule has 1 aromatic heterocycles. The van der Waals surface area contributed by atoms with Gasteiger partial charge in [0.1, 0.15) is 65.5 Å². The van der Waals surface area contributed by atoms with Crippen molar-refractivity contribution in [2.75, 3.05) is 25.1 Å². The number of hydrogen-bond acceptors (Lipinski definition) is 17. The monoisotopic (exact) mass is 1270 g/mol. The summed E-state index contributed by atoms with van der Waals surface area (Å²) in [7, 11) is 3.55. The first kappa shape index (κ1) is 68.4. The number of aliphatic hydroxyl groups is 1. The van der Waals surface area contributed by atoms with Gasteiger partial charge >= 0.3 is 0 Å². The summed E-state index contributed by atoms with van der Waals surface area (Å²) < 4.78 is 0. The van der Waals surface area contributed by atoms with Gasteiger partial charge in [0.2, 0.25) is 53.2 Å². The molecule has 2 heterocycles. The highest BCUT2D eigenvalue weighted by atomic mass is 35.5. The van der Waals surface area contributed by atoms with E-state index in [9.17, 15) is 58.5 Å². The Labute approximate surface area is 520 Å². The Hall–Kier alpha value is -8.76. The summed E-state index contributed by atoms with van der Waals surface area (Å²) in [5, 5.41) is 55.8. The van der Waals surface area contributed by atoms with E-state index in [1.807, 2.05) is 0 Å². The Balaban J connectivity index is 1.44. The zero-order valence-corrected chi connectivity index (χ0v) is 50.4. The minimum atomic E-state index is -1.78. The molecule has 25 nitrogen and oxygen atoms in total. The number of aromatic nitrogens is 1. The van der Waals surface area contributed by atoms with Crippen LogP contribution in [0.15, 0.2) is 121 Å². The summed E-state index contributed by atoms with van der Waals surface area (Å²) in [6, 6.07) is 16.1. The molecule has 16 N–H and O–H groups in total. The van der Waals surface area contributed by atoms with Gasteiger partial charge in [0.05, 0.1) is 6.10 Å². The van der Waals surface area contributed by atoms with Crippen molar-refractivity contribution < 1.29 is 63.3 Å². The van der Waals surface area contributed by atoms with Crippen LogP contribution in [-0.2, 0) is 64.0 Å². The maximum Gasteiger partial charge on any atom is 0.270 e. The number of unbranched alkanes of at least 4 members (excludes halogenated alkanes) is 1. The number of benzene rings is 4. The van der Waals surface area contributed by atoms with Crippen LogP contribution in [0.3, 0.4) is 0 Å². The number of carbonyl (C=O) groups excluding carboxylic acids is 10. The number of pyridine rings is 1. The van der Waals surface area contributed by atoms with Gasteiger partial charge in [-0.2, -0.15) is 0 Å². The number of nitrogens with zero attached hydrogens (tertiary/aromatic N) is 1. The lowest BCUT2D eigenvalue weighted by atomic mass is 10.00. The number of phenolic OH excluding ortho intramolecular Hbond substituents is 2. The molecule has 1 aliphatic heterocycles. The Morgan fingerprint density at radius 3 is 1.73 bits per heavy atom. The van der Waals surface area contributed by atoms with Gasteiger partial charge in [0.25, 0.3) is 5.91 Å². The minimum absolute atomic E-state index is 0.0308. The number of rotatable bonds is 22. The van der Waals surface area contributed by atoms with E-state index < -0.39 is 114 Å². The van der Waals surface area contributed by atoms with Crippen LogP contribution in [-0.4, -0.2) is 159 Å². The van der Waals surface area contributed by atoms with E-state index in [-0.39, 0.29) is 66.4 Å². The molecule has 5 aromatic rings. The molecule has 10 amide bonds. The van der Waals surface area contributed by atoms with Crippen LogP contribution in [0.1, 0.15) is 69.3 Å². The molecule has 1 fully saturated rings. The van der Waals surface area contributed by atoms with E-state index >= 15 is 4.79 Å². The molecule has 28 heteroatoms. The van der Waals surface area contributed by atoms with E-state index in [4.69, 9.17) is 23.1 Å². The second-order valence-corrected chi connectivity index (χ2v) is 23.7. The molecule has 6 rings (SSSR count). The molecule has 1 aliphatic rings. The number of hydrogen-bond donors (Lipinski definition) is 14. The van der Waals surface area contributed by atoms with Crippen molar-refractivity contribution in [2.24, 2.45) is 11.5 Å². The molecule has 0 saturated carbocycles. The highest BCUT2D eigenvalue weighted by molar-refractivity contribution is 8.76. The van der Waals surface area contributed by atoms with Crippen molar-refractivity contribution in [3.05, 3.63) is 160 Å². The van der Waals surface area contributed by atoms with Crippen LogP contribution in [0.4, 0.5) is 0 Å². The second-order valence-electron chi connectivity index (χ2n) is 20.7. The highest BCUT2D eigenvalue weighted by Gasteiger charge is 2.37. The number of nitrogens with one attached hydrogen (secondary N) is 9. The van der Waals surface area contributed by atoms with E-state index in [0.29, 0.717) is 46.7 Å². The smallest absolute Gasteiger partial charge is 0.270 e. The van der Waals surface area contributed by atoms with Crippen molar-refractivity contribution >= 4 is 92.3 Å². The summed E-state index contributed by atoms with van der Waals surface area (Å²) in [5.41, 5.74) is 13.2. The number of nitrogens with two attached hydrogens (primary N) is 2. The third-order valence-electron chi connectivity index (χ3n) is 13.9. The lowest BCUT2D eigenvalue weighted by Gasteiger charge is -2.29. The molecule has 468 valence electrons. The topological polar surface area (TPSA) is 405 Å². The van der Waals surface area contributed by atoms with Gasteiger partial charge in [-0.3, -0.25) is 52.9 Å². The zero-order chi connectivity index (χ0) is 63.9. The van der Waals surface area contributed by atoms with E-state index in [0.717, 1.165) is 21.6 Å². The molecule has 1 saturated heterocycles. The highest BCUT2D eigenvalue weighted by Crippen LogP contribution is 2.25. The first-order valence-electron chi connectivity index (χ1n) is 28.0. The van der Waals surface area contributed by atoms with Crippen molar-refractivity contribution in [1.82, 2.24) is 52.8 Å². The number of phenols is 2. The number of aromatic hydroxyl groups is 2. The molecule has 0 bridgehead atoms. The number of aliphatic hydroxyl groups excluding tert-OH is 1. The fourth-order valence-electron chi connectivity index (χ4n) is 9.01. The van der Waals surface area contributed by atoms with E-state index in [1.165, 1.54) is 92.0 Å². The second kappa shape index (κ2) is 34.0. The molecule has 0 unspecified atom stereocenters. The van der Waals surface area contributed by atoms with Crippen molar-refractivity contribution in [3.63, 3.8) is 0 Å². The van der Waals surface area contributed by atoms with Gasteiger partial charge in [-0.1, -0.05) is 87.8 Å². The summed E-state index contributed by atoms with van der Waals surface area (Å²) in [6.45, 7) is 1.72. The van der Waals surface area contributed by atoms with Gasteiger partial charge in [0.15, 0.2) is 0 Å². The zero-order valence-electron chi connectivity index (χ0n) is 48.0. The fourth-order valence-corrected chi connectivity index (χ4v) is 11.5. The molecule has 4 aromatic carbocycles. The van der Waals surface area contributed by atoms with E-state index in [2.05, 4.69) is 52.8 Å². The van der Waals surface area contributed by atoms with Gasteiger partial charge in [-0.15, -0.1) is 0 Å². The van der Waals surface area contributed by atoms with Crippen molar-refractivity contribution in [3.8, 4) is 11.5 Å². The van der Waals surface area contributed by atoms with Gasteiger partial charge in [0, 0.05) is 54.0 Å². The van der Waals surface area contributed by atoms with Crippen LogP contribution < -0.4 is 59.3 Å². The first-order chi connectivity index (χ1) is 42.1. The SMILES string of the molecule is CNCCCC[C@@H]1NC(=O)[C@@H](Cc2ccc(C(N)=O)cc2)NC(=O)[C@H](Cc2ccc(O)cc2)NC(=O)[C@H](NC(=O)[C@H](Cc2ccc(Cl)cc2)NC(=O)c2ccccn2)CSSC[C@@H](C(=O)N[C@H](Cc2ccc(O)cc2)C(N)=O)NC(=O)[C@H]([C@@H](C)O)NC1=O. The van der Waals surface area contributed by atoms with Crippen LogP contribution in [0, 0.1) is 0 Å². The number of carbonyl (C=O) groups is 10. The third kappa shape index (κ3) is 21.6. The predicted molar refractivity (Wildman–Crippen MR) is 330 cm³/mol. The van der Waals surface area contributed by atoms with Crippen molar-refractivity contribution in [1.29, 1.82) is 0 Å². The predicted octanol–water partition coefficient (Wildman–Crippen LogP) is 0.359. The number of halogens is 1.